The lowest BCUT2D eigenvalue weighted by atomic mass is 10.2. The molecule has 3 aromatic rings. The van der Waals surface area contributed by atoms with Gasteiger partial charge in [0.05, 0.1) is 16.2 Å². The molecule has 2 saturated heterocycles. The maximum atomic E-state index is 14.3. The average Bonchev–Trinajstić information content (AvgIpc) is 3.16. The minimum atomic E-state index is -0.251. The first-order chi connectivity index (χ1) is 17.5. The molecule has 2 aliphatic rings. The zero-order chi connectivity index (χ0) is 25.2. The van der Waals surface area contributed by atoms with E-state index >= 15 is 0 Å². The Labute approximate surface area is 218 Å². The number of fused-ring (bicyclic) bond motifs is 1. The number of nitrogens with zero attached hydrogens (tertiary/aromatic N) is 5. The number of amides is 1. The third kappa shape index (κ3) is 4.62. The molecule has 10 heteroatoms. The summed E-state index contributed by atoms with van der Waals surface area (Å²) in [6, 6.07) is 12.1. The van der Waals surface area contributed by atoms with E-state index in [4.69, 9.17) is 17.2 Å². The molecule has 0 bridgehead atoms. The van der Waals surface area contributed by atoms with E-state index in [-0.39, 0.29) is 17.3 Å². The van der Waals surface area contributed by atoms with Crippen LogP contribution in [0.4, 0.5) is 15.9 Å². The van der Waals surface area contributed by atoms with Gasteiger partial charge in [-0.05, 0) is 36.8 Å². The number of hydrogen-bond acceptors (Lipinski definition) is 7. The van der Waals surface area contributed by atoms with E-state index in [0.717, 1.165) is 12.8 Å². The Bertz CT molecular complexity index is 1410. The molecule has 5 rings (SSSR count). The Morgan fingerprint density at radius 2 is 1.78 bits per heavy atom. The number of carbonyl (C=O) groups is 1. The number of pyridine rings is 1. The van der Waals surface area contributed by atoms with Gasteiger partial charge < -0.3 is 9.80 Å². The van der Waals surface area contributed by atoms with Crippen molar-refractivity contribution in [3.05, 3.63) is 75.3 Å². The van der Waals surface area contributed by atoms with Crippen molar-refractivity contribution in [2.75, 3.05) is 42.5 Å². The third-order valence-corrected chi connectivity index (χ3v) is 7.78. The fraction of sp³-hybridized carbons (Fsp3) is 0.308. The number of thioether (sulfide) groups is 1. The van der Waals surface area contributed by atoms with Crippen molar-refractivity contribution in [1.82, 2.24) is 14.3 Å². The Kier molecular flexibility index (Phi) is 7.06. The molecule has 2 fully saturated rings. The highest BCUT2D eigenvalue weighted by molar-refractivity contribution is 8.26. The first-order valence-electron chi connectivity index (χ1n) is 12.0. The second kappa shape index (κ2) is 10.4. The van der Waals surface area contributed by atoms with Crippen LogP contribution in [0.5, 0.6) is 0 Å². The number of piperazine rings is 1. The molecule has 2 aromatic heterocycles. The van der Waals surface area contributed by atoms with Gasteiger partial charge in [-0.15, -0.1) is 0 Å². The lowest BCUT2D eigenvalue weighted by Gasteiger charge is -2.37. The first kappa shape index (κ1) is 24.5. The highest BCUT2D eigenvalue weighted by Crippen LogP contribution is 2.34. The summed E-state index contributed by atoms with van der Waals surface area (Å²) in [6.45, 7) is 4.90. The number of aromatic nitrogens is 2. The van der Waals surface area contributed by atoms with Crippen LogP contribution in [-0.4, -0.2) is 57.2 Å². The van der Waals surface area contributed by atoms with Gasteiger partial charge in [0.25, 0.3) is 11.5 Å². The SMILES string of the molecule is CCCCN1C(=O)/C(=C\c2c(N3CCN(c4ccccc4F)CC3)nc3ccccn3c2=O)SC1=S. The molecule has 0 atom stereocenters. The summed E-state index contributed by atoms with van der Waals surface area (Å²) in [5.74, 6) is 0.100. The number of rotatable bonds is 6. The van der Waals surface area contributed by atoms with E-state index in [1.165, 1.54) is 22.2 Å². The van der Waals surface area contributed by atoms with Gasteiger partial charge in [0.2, 0.25) is 0 Å². The molecule has 7 nitrogen and oxygen atoms in total. The van der Waals surface area contributed by atoms with E-state index < -0.39 is 0 Å². The molecule has 2 aliphatic heterocycles. The second-order valence-electron chi connectivity index (χ2n) is 8.70. The molecule has 36 heavy (non-hydrogen) atoms. The zero-order valence-electron chi connectivity index (χ0n) is 19.9. The molecule has 1 aromatic carbocycles. The normalized spacial score (nSPS) is 17.6. The summed E-state index contributed by atoms with van der Waals surface area (Å²) in [6.07, 6.45) is 5.12. The molecular formula is C26H26FN5O2S2. The molecule has 0 spiro atoms. The topological polar surface area (TPSA) is 61.2 Å². The predicted molar refractivity (Wildman–Crippen MR) is 147 cm³/mol. The van der Waals surface area contributed by atoms with Crippen molar-refractivity contribution >= 4 is 57.4 Å². The van der Waals surface area contributed by atoms with Crippen molar-refractivity contribution in [2.45, 2.75) is 19.8 Å². The Hall–Kier alpha value is -3.24. The van der Waals surface area contributed by atoms with Crippen LogP contribution in [0.1, 0.15) is 25.3 Å². The molecule has 0 unspecified atom stereocenters. The number of hydrogen-bond donors (Lipinski definition) is 0. The number of benzene rings is 1. The Morgan fingerprint density at radius 1 is 1.06 bits per heavy atom. The van der Waals surface area contributed by atoms with Crippen LogP contribution in [0.3, 0.4) is 0 Å². The number of carbonyl (C=O) groups excluding carboxylic acids is 1. The number of halogens is 1. The number of unbranched alkanes of at least 4 members (excludes halogenated alkanes) is 1. The third-order valence-electron chi connectivity index (χ3n) is 6.41. The van der Waals surface area contributed by atoms with Crippen molar-refractivity contribution in [3.8, 4) is 0 Å². The monoisotopic (exact) mass is 523 g/mol. The second-order valence-corrected chi connectivity index (χ2v) is 10.4. The molecule has 4 heterocycles. The standard InChI is InChI=1S/C26H26FN5O2S2/c1-2-3-11-32-25(34)21(36-26(32)35)17-18-23(28-22-10-6-7-12-31(22)24(18)33)30-15-13-29(14-16-30)20-9-5-4-8-19(20)27/h4-10,12,17H,2-3,11,13-16H2,1H3/b21-17+. The van der Waals surface area contributed by atoms with Gasteiger partial charge in [-0.1, -0.05) is 55.5 Å². The molecule has 186 valence electrons. The van der Waals surface area contributed by atoms with Crippen molar-refractivity contribution in [3.63, 3.8) is 0 Å². The van der Waals surface area contributed by atoms with Gasteiger partial charge >= 0.3 is 0 Å². The van der Waals surface area contributed by atoms with Gasteiger partial charge in [0, 0.05) is 38.9 Å². The van der Waals surface area contributed by atoms with Gasteiger partial charge in [0.15, 0.2) is 0 Å². The lowest BCUT2D eigenvalue weighted by Crippen LogP contribution is -2.47. The summed E-state index contributed by atoms with van der Waals surface area (Å²) in [4.78, 5) is 37.5. The van der Waals surface area contributed by atoms with Crippen molar-refractivity contribution in [2.24, 2.45) is 0 Å². The number of para-hydroxylation sites is 1. The van der Waals surface area contributed by atoms with Gasteiger partial charge in [-0.25, -0.2) is 9.37 Å². The lowest BCUT2D eigenvalue weighted by molar-refractivity contribution is -0.122. The molecule has 0 N–H and O–H groups in total. The summed E-state index contributed by atoms with van der Waals surface area (Å²) in [5.41, 5.74) is 1.21. The zero-order valence-corrected chi connectivity index (χ0v) is 21.5. The van der Waals surface area contributed by atoms with Gasteiger partial charge in [-0.2, -0.15) is 0 Å². The van der Waals surface area contributed by atoms with E-state index in [9.17, 15) is 14.0 Å². The quantitative estimate of drug-likeness (QED) is 0.355. The van der Waals surface area contributed by atoms with E-state index in [2.05, 4.69) is 6.92 Å². The first-order valence-corrected chi connectivity index (χ1v) is 13.2. The highest BCUT2D eigenvalue weighted by atomic mass is 32.2. The fourth-order valence-electron chi connectivity index (χ4n) is 4.47. The van der Waals surface area contributed by atoms with Crippen molar-refractivity contribution < 1.29 is 9.18 Å². The maximum Gasteiger partial charge on any atom is 0.267 e. The van der Waals surface area contributed by atoms with Gasteiger partial charge in [0.1, 0.15) is 21.6 Å². The molecule has 0 saturated carbocycles. The van der Waals surface area contributed by atoms with Crippen molar-refractivity contribution in [1.29, 1.82) is 0 Å². The minimum Gasteiger partial charge on any atom is -0.366 e. The summed E-state index contributed by atoms with van der Waals surface area (Å²) < 4.78 is 16.3. The van der Waals surface area contributed by atoms with Crippen LogP contribution >= 0.6 is 24.0 Å². The summed E-state index contributed by atoms with van der Waals surface area (Å²) in [7, 11) is 0. The number of anilines is 2. The largest absolute Gasteiger partial charge is 0.366 e. The predicted octanol–water partition coefficient (Wildman–Crippen LogP) is 4.16. The molecule has 1 amide bonds. The van der Waals surface area contributed by atoms with Crippen LogP contribution in [0, 0.1) is 5.82 Å². The molecular weight excluding hydrogens is 497 g/mol. The average molecular weight is 524 g/mol. The van der Waals surface area contributed by atoms with E-state index in [0.29, 0.717) is 64.7 Å². The van der Waals surface area contributed by atoms with E-state index in [1.54, 1.807) is 41.4 Å². The Morgan fingerprint density at radius 3 is 2.53 bits per heavy atom. The fourth-order valence-corrected chi connectivity index (χ4v) is 5.76. The Balaban J connectivity index is 1.50. The maximum absolute atomic E-state index is 14.3. The van der Waals surface area contributed by atoms with E-state index in [1.807, 2.05) is 21.9 Å². The summed E-state index contributed by atoms with van der Waals surface area (Å²) >= 11 is 6.66. The smallest absolute Gasteiger partial charge is 0.267 e. The van der Waals surface area contributed by atoms with Gasteiger partial charge in [-0.3, -0.25) is 18.9 Å². The number of thiocarbonyl (C=S) groups is 1. The van der Waals surface area contributed by atoms with Crippen LogP contribution in [0.15, 0.2) is 58.4 Å². The van der Waals surface area contributed by atoms with Crippen LogP contribution in [0.2, 0.25) is 0 Å². The van der Waals surface area contributed by atoms with Crippen LogP contribution < -0.4 is 15.4 Å². The summed E-state index contributed by atoms with van der Waals surface area (Å²) in [5, 5.41) is 0. The van der Waals surface area contributed by atoms with Crippen LogP contribution in [0.25, 0.3) is 11.7 Å². The highest BCUT2D eigenvalue weighted by Gasteiger charge is 2.33. The minimum absolute atomic E-state index is 0.175. The van der Waals surface area contributed by atoms with Crippen LogP contribution in [-0.2, 0) is 4.79 Å². The molecule has 0 aliphatic carbocycles. The molecule has 0 radical (unpaired) electrons.